The van der Waals surface area contributed by atoms with E-state index in [-0.39, 0.29) is 12.5 Å². The van der Waals surface area contributed by atoms with Crippen LogP contribution in [0.2, 0.25) is 0 Å². The first kappa shape index (κ1) is 15.1. The normalized spacial score (nSPS) is 17.3. The van der Waals surface area contributed by atoms with Gasteiger partial charge in [0.15, 0.2) is 6.17 Å². The van der Waals surface area contributed by atoms with Gasteiger partial charge in [-0.3, -0.25) is 15.1 Å². The maximum Gasteiger partial charge on any atom is 0.266 e. The molecule has 0 bridgehead atoms. The molecule has 3 rings (SSSR count). The molecule has 1 atom stereocenters. The molecule has 0 spiro atoms. The van der Waals surface area contributed by atoms with Gasteiger partial charge in [0.05, 0.1) is 17.9 Å². The minimum absolute atomic E-state index is 0.00557. The summed E-state index contributed by atoms with van der Waals surface area (Å²) in [6, 6.07) is 17.2. The molecule has 1 N–H and O–H groups in total. The molecule has 2 aromatic carbocycles. The minimum Gasteiger partial charge on any atom is -0.302 e. The highest BCUT2D eigenvalue weighted by atomic mass is 16.2. The van der Waals surface area contributed by atoms with Crippen LogP contribution in [0.5, 0.6) is 0 Å². The molecule has 2 aromatic rings. The third kappa shape index (κ3) is 2.78. The molecule has 0 fully saturated rings. The summed E-state index contributed by atoms with van der Waals surface area (Å²) in [5.74, 6) is -0.238. The fourth-order valence-electron chi connectivity index (χ4n) is 2.71. The molecule has 0 radical (unpaired) electrons. The number of likely N-dealkylation sites (N-methyl/N-ethyl adjacent to an activating group) is 1. The Balaban J connectivity index is 2.23. The van der Waals surface area contributed by atoms with Crippen LogP contribution in [-0.4, -0.2) is 37.7 Å². The Labute approximate surface area is 134 Å². The lowest BCUT2D eigenvalue weighted by Gasteiger charge is -2.22. The number of benzene rings is 2. The number of anilines is 1. The number of rotatable bonds is 4. The van der Waals surface area contributed by atoms with Crippen LogP contribution in [0.1, 0.15) is 11.1 Å². The number of hydrogen-bond donors (Lipinski definition) is 1. The first-order valence-corrected chi connectivity index (χ1v) is 7.41. The lowest BCUT2D eigenvalue weighted by Crippen LogP contribution is -2.44. The molecular weight excluding hydrogens is 290 g/mol. The largest absolute Gasteiger partial charge is 0.302 e. The zero-order valence-electron chi connectivity index (χ0n) is 12.8. The second-order valence-electron chi connectivity index (χ2n) is 5.17. The van der Waals surface area contributed by atoms with Gasteiger partial charge in [-0.25, -0.2) is 0 Å². The maximum atomic E-state index is 12.7. The van der Waals surface area contributed by atoms with E-state index in [1.54, 1.807) is 7.05 Å². The van der Waals surface area contributed by atoms with Crippen LogP contribution in [0.25, 0.3) is 0 Å². The lowest BCUT2D eigenvalue weighted by atomic mass is 10.0. The summed E-state index contributed by atoms with van der Waals surface area (Å²) >= 11 is 0. The van der Waals surface area contributed by atoms with Crippen LogP contribution in [0.4, 0.5) is 5.69 Å². The number of fused-ring (bicyclic) bond motifs is 1. The van der Waals surface area contributed by atoms with E-state index >= 15 is 0 Å². The summed E-state index contributed by atoms with van der Waals surface area (Å²) in [5.41, 5.74) is 3.21. The summed E-state index contributed by atoms with van der Waals surface area (Å²) in [6.45, 7) is 0.00557. The fourth-order valence-corrected chi connectivity index (χ4v) is 2.71. The molecule has 1 unspecified atom stereocenters. The number of amides is 1. The van der Waals surface area contributed by atoms with Crippen LogP contribution in [0.15, 0.2) is 59.6 Å². The molecule has 5 nitrogen and oxygen atoms in total. The lowest BCUT2D eigenvalue weighted by molar-refractivity contribution is -0.121. The number of nitrogens with zero attached hydrogens (tertiary/aromatic N) is 2. The van der Waals surface area contributed by atoms with E-state index in [1.165, 1.54) is 4.90 Å². The molecule has 116 valence electrons. The van der Waals surface area contributed by atoms with Gasteiger partial charge in [-0.1, -0.05) is 48.5 Å². The van der Waals surface area contributed by atoms with Crippen LogP contribution >= 0.6 is 0 Å². The predicted molar refractivity (Wildman–Crippen MR) is 89.8 cm³/mol. The first-order chi connectivity index (χ1) is 11.3. The van der Waals surface area contributed by atoms with Crippen molar-refractivity contribution >= 4 is 23.6 Å². The zero-order valence-corrected chi connectivity index (χ0v) is 12.8. The van der Waals surface area contributed by atoms with Gasteiger partial charge >= 0.3 is 0 Å². The van der Waals surface area contributed by atoms with Crippen molar-refractivity contribution in [3.8, 4) is 0 Å². The number of carbonyl (C=O) groups excluding carboxylic acids is 2. The Bertz CT molecular complexity index is 756. The van der Waals surface area contributed by atoms with Crippen LogP contribution in [0.3, 0.4) is 0 Å². The van der Waals surface area contributed by atoms with Crippen molar-refractivity contribution in [3.63, 3.8) is 0 Å². The molecule has 0 aromatic heterocycles. The third-order valence-corrected chi connectivity index (χ3v) is 3.79. The van der Waals surface area contributed by atoms with E-state index in [4.69, 9.17) is 0 Å². The van der Waals surface area contributed by atoms with E-state index < -0.39 is 6.17 Å². The van der Waals surface area contributed by atoms with E-state index in [0.29, 0.717) is 5.69 Å². The SMILES string of the molecule is CNC1N=C(c2ccccc2)c2ccccc2N(CC=O)C1=O. The number of benzodiazepines with no additional fused rings is 1. The van der Waals surface area contributed by atoms with Crippen molar-refractivity contribution in [2.24, 2.45) is 4.99 Å². The van der Waals surface area contributed by atoms with Gasteiger partial charge in [-0.15, -0.1) is 0 Å². The fraction of sp³-hybridized carbons (Fsp3) is 0.167. The molecule has 1 aliphatic heterocycles. The van der Waals surface area contributed by atoms with Crippen molar-refractivity contribution in [2.45, 2.75) is 6.17 Å². The van der Waals surface area contributed by atoms with E-state index in [0.717, 1.165) is 23.1 Å². The minimum atomic E-state index is -0.724. The van der Waals surface area contributed by atoms with Crippen LogP contribution in [-0.2, 0) is 9.59 Å². The van der Waals surface area contributed by atoms with Gasteiger partial charge < -0.3 is 9.69 Å². The highest BCUT2D eigenvalue weighted by Gasteiger charge is 2.30. The van der Waals surface area contributed by atoms with Gasteiger partial charge in [-0.2, -0.15) is 0 Å². The second kappa shape index (κ2) is 6.54. The second-order valence-corrected chi connectivity index (χ2v) is 5.17. The summed E-state index contributed by atoms with van der Waals surface area (Å²) in [6.07, 6.45) is 0.00658. The van der Waals surface area contributed by atoms with Crippen LogP contribution < -0.4 is 10.2 Å². The highest BCUT2D eigenvalue weighted by molar-refractivity contribution is 6.20. The van der Waals surface area contributed by atoms with Crippen molar-refractivity contribution < 1.29 is 9.59 Å². The molecule has 0 saturated carbocycles. The standard InChI is InChI=1S/C18H17N3O2/c1-19-17-18(23)21(11-12-22)15-10-6-5-9-14(15)16(20-17)13-7-3-2-4-8-13/h2-10,12,17,19H,11H2,1H3. The number of para-hydroxylation sites is 1. The van der Waals surface area contributed by atoms with E-state index in [1.807, 2.05) is 54.6 Å². The Morgan fingerprint density at radius 3 is 2.52 bits per heavy atom. The molecule has 1 amide bonds. The Hall–Kier alpha value is -2.79. The first-order valence-electron chi connectivity index (χ1n) is 7.41. The average Bonchev–Trinajstić information content (AvgIpc) is 2.72. The summed E-state index contributed by atoms with van der Waals surface area (Å²) < 4.78 is 0. The Morgan fingerprint density at radius 2 is 1.83 bits per heavy atom. The number of aldehydes is 1. The van der Waals surface area contributed by atoms with E-state index in [2.05, 4.69) is 10.3 Å². The van der Waals surface area contributed by atoms with E-state index in [9.17, 15) is 9.59 Å². The Morgan fingerprint density at radius 1 is 1.13 bits per heavy atom. The molecule has 0 saturated heterocycles. The van der Waals surface area contributed by atoms with Gasteiger partial charge in [0, 0.05) is 11.1 Å². The number of nitrogens with one attached hydrogen (secondary N) is 1. The number of hydrogen-bond acceptors (Lipinski definition) is 4. The van der Waals surface area contributed by atoms with Gasteiger partial charge in [0.25, 0.3) is 5.91 Å². The number of carbonyl (C=O) groups is 2. The van der Waals surface area contributed by atoms with Crippen molar-refractivity contribution in [1.29, 1.82) is 0 Å². The predicted octanol–water partition coefficient (Wildman–Crippen LogP) is 1.61. The van der Waals surface area contributed by atoms with Gasteiger partial charge in [-0.05, 0) is 13.1 Å². The van der Waals surface area contributed by atoms with Crippen molar-refractivity contribution in [3.05, 3.63) is 65.7 Å². The molecule has 5 heteroatoms. The maximum absolute atomic E-state index is 12.7. The van der Waals surface area contributed by atoms with Crippen molar-refractivity contribution in [1.82, 2.24) is 5.32 Å². The molecule has 1 aliphatic rings. The summed E-state index contributed by atoms with van der Waals surface area (Å²) in [7, 11) is 1.68. The smallest absolute Gasteiger partial charge is 0.266 e. The molecule has 0 aliphatic carbocycles. The quantitative estimate of drug-likeness (QED) is 0.873. The summed E-state index contributed by atoms with van der Waals surface area (Å²) in [5, 5.41) is 2.92. The van der Waals surface area contributed by atoms with Gasteiger partial charge in [0.2, 0.25) is 0 Å². The molecular formula is C18H17N3O2. The zero-order chi connectivity index (χ0) is 16.2. The number of aliphatic imine (C=N–C) groups is 1. The summed E-state index contributed by atoms with van der Waals surface area (Å²) in [4.78, 5) is 29.8. The Kier molecular flexibility index (Phi) is 4.30. The third-order valence-electron chi connectivity index (χ3n) is 3.79. The molecule has 23 heavy (non-hydrogen) atoms. The highest BCUT2D eigenvalue weighted by Crippen LogP contribution is 2.27. The van der Waals surface area contributed by atoms with Crippen molar-refractivity contribution in [2.75, 3.05) is 18.5 Å². The monoisotopic (exact) mass is 307 g/mol. The van der Waals surface area contributed by atoms with Gasteiger partial charge in [0.1, 0.15) is 6.29 Å². The molecule has 1 heterocycles. The topological polar surface area (TPSA) is 61.8 Å². The van der Waals surface area contributed by atoms with Crippen LogP contribution in [0, 0.1) is 0 Å². The average molecular weight is 307 g/mol.